The van der Waals surface area contributed by atoms with Crippen LogP contribution in [-0.2, 0) is 9.53 Å². The first-order valence-electron chi connectivity index (χ1n) is 6.35. The van der Waals surface area contributed by atoms with Crippen LogP contribution in [0.3, 0.4) is 0 Å². The van der Waals surface area contributed by atoms with Gasteiger partial charge in [0.2, 0.25) is 0 Å². The monoisotopic (exact) mass is 267 g/mol. The van der Waals surface area contributed by atoms with Crippen LogP contribution in [0.2, 0.25) is 0 Å². The number of hydrogen-bond donors (Lipinski definition) is 0. The van der Waals surface area contributed by atoms with Crippen molar-refractivity contribution in [1.29, 1.82) is 0 Å². The highest BCUT2D eigenvalue weighted by molar-refractivity contribution is 5.77. The number of cyclic esters (lactones) is 1. The maximum atomic E-state index is 12.7. The van der Waals surface area contributed by atoms with E-state index in [9.17, 15) is 9.18 Å². The number of ether oxygens (including phenoxy) is 2. The standard InChI is InChI=1S/C14H18FNO3/c1-10-9-13(14(17)19-10)16(2)7-8-18-12-5-3-11(15)4-6-12/h3-6,10,13H,7-9H2,1-2H3. The van der Waals surface area contributed by atoms with E-state index in [-0.39, 0.29) is 23.9 Å². The molecule has 1 heterocycles. The Labute approximate surface area is 112 Å². The van der Waals surface area contributed by atoms with Crippen LogP contribution in [-0.4, -0.2) is 43.2 Å². The van der Waals surface area contributed by atoms with Crippen molar-refractivity contribution in [3.05, 3.63) is 30.1 Å². The fourth-order valence-electron chi connectivity index (χ4n) is 2.09. The molecule has 2 unspecified atom stereocenters. The predicted molar refractivity (Wildman–Crippen MR) is 68.5 cm³/mol. The maximum Gasteiger partial charge on any atom is 0.323 e. The van der Waals surface area contributed by atoms with Crippen molar-refractivity contribution in [3.8, 4) is 5.75 Å². The topological polar surface area (TPSA) is 38.8 Å². The molecule has 5 heteroatoms. The van der Waals surface area contributed by atoms with Crippen molar-refractivity contribution in [3.63, 3.8) is 0 Å². The summed E-state index contributed by atoms with van der Waals surface area (Å²) in [6.07, 6.45) is 0.698. The molecule has 1 fully saturated rings. The van der Waals surface area contributed by atoms with Crippen LogP contribution in [0.4, 0.5) is 4.39 Å². The molecule has 1 aliphatic rings. The molecule has 2 rings (SSSR count). The SMILES string of the molecule is CC1CC(N(C)CCOc2ccc(F)cc2)C(=O)O1. The third-order valence-corrected chi connectivity index (χ3v) is 3.20. The van der Waals surface area contributed by atoms with E-state index in [2.05, 4.69) is 0 Å². The Morgan fingerprint density at radius 2 is 2.11 bits per heavy atom. The second-order valence-electron chi connectivity index (χ2n) is 4.78. The molecule has 0 amide bonds. The highest BCUT2D eigenvalue weighted by Crippen LogP contribution is 2.18. The predicted octanol–water partition coefficient (Wildman–Crippen LogP) is 1.84. The van der Waals surface area contributed by atoms with E-state index >= 15 is 0 Å². The molecule has 0 saturated carbocycles. The van der Waals surface area contributed by atoms with Crippen molar-refractivity contribution in [2.24, 2.45) is 0 Å². The summed E-state index contributed by atoms with van der Waals surface area (Å²) in [6, 6.07) is 5.69. The number of halogens is 1. The highest BCUT2D eigenvalue weighted by Gasteiger charge is 2.34. The lowest BCUT2D eigenvalue weighted by Crippen LogP contribution is -2.37. The molecular formula is C14H18FNO3. The quantitative estimate of drug-likeness (QED) is 0.763. The summed E-state index contributed by atoms with van der Waals surface area (Å²) in [5.41, 5.74) is 0. The average molecular weight is 267 g/mol. The van der Waals surface area contributed by atoms with E-state index in [4.69, 9.17) is 9.47 Å². The molecule has 1 aliphatic heterocycles. The van der Waals surface area contributed by atoms with Crippen LogP contribution in [0.5, 0.6) is 5.75 Å². The van der Waals surface area contributed by atoms with Gasteiger partial charge in [-0.15, -0.1) is 0 Å². The second-order valence-corrected chi connectivity index (χ2v) is 4.78. The molecule has 0 aromatic heterocycles. The van der Waals surface area contributed by atoms with Crippen molar-refractivity contribution in [2.45, 2.75) is 25.5 Å². The number of likely N-dealkylation sites (N-methyl/N-ethyl adjacent to an activating group) is 1. The summed E-state index contributed by atoms with van der Waals surface area (Å²) in [4.78, 5) is 13.5. The first kappa shape index (κ1) is 13.8. The van der Waals surface area contributed by atoms with Gasteiger partial charge in [0.25, 0.3) is 0 Å². The van der Waals surface area contributed by atoms with Gasteiger partial charge < -0.3 is 9.47 Å². The zero-order valence-corrected chi connectivity index (χ0v) is 11.1. The third-order valence-electron chi connectivity index (χ3n) is 3.20. The van der Waals surface area contributed by atoms with Crippen molar-refractivity contribution in [1.82, 2.24) is 4.90 Å². The fourth-order valence-corrected chi connectivity index (χ4v) is 2.09. The number of nitrogens with zero attached hydrogens (tertiary/aromatic N) is 1. The number of esters is 1. The lowest BCUT2D eigenvalue weighted by molar-refractivity contribution is -0.144. The Kier molecular flexibility index (Phi) is 4.37. The number of carbonyl (C=O) groups is 1. The van der Waals surface area contributed by atoms with Gasteiger partial charge in [0, 0.05) is 13.0 Å². The van der Waals surface area contributed by atoms with Gasteiger partial charge in [0.15, 0.2) is 0 Å². The highest BCUT2D eigenvalue weighted by atomic mass is 19.1. The van der Waals surface area contributed by atoms with E-state index in [0.29, 0.717) is 25.3 Å². The van der Waals surface area contributed by atoms with Gasteiger partial charge in [-0.2, -0.15) is 0 Å². The minimum atomic E-state index is -0.285. The van der Waals surface area contributed by atoms with E-state index in [1.807, 2.05) is 18.9 Å². The summed E-state index contributed by atoms with van der Waals surface area (Å²) in [7, 11) is 1.87. The van der Waals surface area contributed by atoms with Gasteiger partial charge in [-0.25, -0.2) is 4.39 Å². The number of benzene rings is 1. The molecule has 104 valence electrons. The minimum absolute atomic E-state index is 0.0158. The van der Waals surface area contributed by atoms with Gasteiger partial charge in [0.05, 0.1) is 0 Å². The summed E-state index contributed by atoms with van der Waals surface area (Å²) >= 11 is 0. The van der Waals surface area contributed by atoms with Crippen molar-refractivity contribution in [2.75, 3.05) is 20.2 Å². The van der Waals surface area contributed by atoms with Gasteiger partial charge in [0.1, 0.15) is 30.3 Å². The zero-order chi connectivity index (χ0) is 13.8. The third kappa shape index (κ3) is 3.67. The minimum Gasteiger partial charge on any atom is -0.492 e. The largest absolute Gasteiger partial charge is 0.492 e. The molecule has 0 spiro atoms. The molecule has 1 saturated heterocycles. The number of rotatable bonds is 5. The first-order chi connectivity index (χ1) is 9.06. The normalized spacial score (nSPS) is 22.6. The lowest BCUT2D eigenvalue weighted by Gasteiger charge is -2.20. The van der Waals surface area contributed by atoms with E-state index in [1.165, 1.54) is 12.1 Å². The second kappa shape index (κ2) is 6.02. The Bertz CT molecular complexity index is 435. The molecule has 0 aliphatic carbocycles. The molecule has 0 radical (unpaired) electrons. The van der Waals surface area contributed by atoms with Gasteiger partial charge in [-0.05, 0) is 38.2 Å². The van der Waals surface area contributed by atoms with Gasteiger partial charge >= 0.3 is 5.97 Å². The van der Waals surface area contributed by atoms with Crippen molar-refractivity contribution >= 4 is 5.97 Å². The van der Waals surface area contributed by atoms with Crippen LogP contribution >= 0.6 is 0 Å². The molecule has 2 atom stereocenters. The van der Waals surface area contributed by atoms with Gasteiger partial charge in [-0.1, -0.05) is 0 Å². The molecule has 4 nitrogen and oxygen atoms in total. The maximum absolute atomic E-state index is 12.7. The fraction of sp³-hybridized carbons (Fsp3) is 0.500. The first-order valence-corrected chi connectivity index (χ1v) is 6.35. The Balaban J connectivity index is 1.76. The molecule has 0 N–H and O–H groups in total. The molecule has 0 bridgehead atoms. The van der Waals surface area contributed by atoms with Crippen LogP contribution < -0.4 is 4.74 Å². The van der Waals surface area contributed by atoms with Crippen LogP contribution in [0.25, 0.3) is 0 Å². The molecule has 19 heavy (non-hydrogen) atoms. The molecule has 1 aromatic carbocycles. The molecule has 1 aromatic rings. The van der Waals surface area contributed by atoms with Crippen LogP contribution in [0.1, 0.15) is 13.3 Å². The summed E-state index contributed by atoms with van der Waals surface area (Å²) < 4.78 is 23.3. The van der Waals surface area contributed by atoms with Crippen LogP contribution in [0.15, 0.2) is 24.3 Å². The molecular weight excluding hydrogens is 249 g/mol. The van der Waals surface area contributed by atoms with E-state index in [0.717, 1.165) is 0 Å². The summed E-state index contributed by atoms with van der Waals surface area (Å²) in [5, 5.41) is 0. The van der Waals surface area contributed by atoms with E-state index < -0.39 is 0 Å². The summed E-state index contributed by atoms with van der Waals surface area (Å²) in [5.74, 6) is 0.168. The van der Waals surface area contributed by atoms with Gasteiger partial charge in [-0.3, -0.25) is 9.69 Å². The zero-order valence-electron chi connectivity index (χ0n) is 11.1. The lowest BCUT2D eigenvalue weighted by atomic mass is 10.1. The van der Waals surface area contributed by atoms with Crippen LogP contribution in [0, 0.1) is 5.82 Å². The Hall–Kier alpha value is -1.62. The van der Waals surface area contributed by atoms with E-state index in [1.54, 1.807) is 12.1 Å². The summed E-state index contributed by atoms with van der Waals surface area (Å²) in [6.45, 7) is 2.95. The number of carbonyl (C=O) groups excluding carboxylic acids is 1. The van der Waals surface area contributed by atoms with Crippen molar-refractivity contribution < 1.29 is 18.7 Å². The Morgan fingerprint density at radius 1 is 1.42 bits per heavy atom. The Morgan fingerprint density at radius 3 is 2.68 bits per heavy atom. The smallest absolute Gasteiger partial charge is 0.323 e. The number of hydrogen-bond acceptors (Lipinski definition) is 4. The average Bonchev–Trinajstić information content (AvgIpc) is 2.71.